The van der Waals surface area contributed by atoms with Crippen LogP contribution in [0.2, 0.25) is 0 Å². The highest BCUT2D eigenvalue weighted by molar-refractivity contribution is 7.89. The molecular formula is C20H22N2O5S2. The summed E-state index contributed by atoms with van der Waals surface area (Å²) in [6.45, 7) is 3.84. The van der Waals surface area contributed by atoms with E-state index in [2.05, 4.69) is 5.16 Å². The van der Waals surface area contributed by atoms with Crippen molar-refractivity contribution in [2.24, 2.45) is 5.92 Å². The summed E-state index contributed by atoms with van der Waals surface area (Å²) in [6.07, 6.45) is 1.21. The van der Waals surface area contributed by atoms with E-state index in [9.17, 15) is 13.2 Å². The first kappa shape index (κ1) is 20.1. The molecule has 7 nitrogen and oxygen atoms in total. The second-order valence-corrected chi connectivity index (χ2v) is 10.0. The molecule has 1 unspecified atom stereocenters. The van der Waals surface area contributed by atoms with Crippen molar-refractivity contribution < 1.29 is 22.5 Å². The number of esters is 1. The van der Waals surface area contributed by atoms with Gasteiger partial charge in [0.2, 0.25) is 10.0 Å². The summed E-state index contributed by atoms with van der Waals surface area (Å²) in [4.78, 5) is 12.7. The summed E-state index contributed by atoms with van der Waals surface area (Å²) in [6, 6.07) is 7.97. The van der Waals surface area contributed by atoms with Gasteiger partial charge in [0, 0.05) is 23.4 Å². The van der Waals surface area contributed by atoms with E-state index in [4.69, 9.17) is 9.26 Å². The van der Waals surface area contributed by atoms with Crippen LogP contribution in [-0.4, -0.2) is 36.9 Å². The van der Waals surface area contributed by atoms with E-state index in [0.29, 0.717) is 25.1 Å². The van der Waals surface area contributed by atoms with Gasteiger partial charge in [-0.05, 0) is 43.5 Å². The average molecular weight is 435 g/mol. The minimum atomic E-state index is -3.76. The minimum absolute atomic E-state index is 0.0938. The van der Waals surface area contributed by atoms with E-state index in [1.165, 1.54) is 4.31 Å². The standard InChI is InChI=1S/C20H22N2O5S2/c1-13-19(14(2)27-21-13)29(24,25)22-9-5-6-15(10-22)20(23)26-11-16-12-28-18-8-4-3-7-17(16)18/h3-4,7-8,12,15H,5-6,9-11H2,1-2H3. The maximum Gasteiger partial charge on any atom is 0.310 e. The molecule has 2 aromatic heterocycles. The Morgan fingerprint density at radius 2 is 2.14 bits per heavy atom. The van der Waals surface area contributed by atoms with E-state index >= 15 is 0 Å². The van der Waals surface area contributed by atoms with Gasteiger partial charge in [0.1, 0.15) is 17.2 Å². The Kier molecular flexibility index (Phi) is 5.46. The second kappa shape index (κ2) is 7.89. The van der Waals surface area contributed by atoms with Crippen LogP contribution in [0.3, 0.4) is 0 Å². The molecule has 1 saturated heterocycles. The highest BCUT2D eigenvalue weighted by Gasteiger charge is 2.37. The molecule has 1 aliphatic heterocycles. The number of nitrogens with zero attached hydrogens (tertiary/aromatic N) is 2. The Morgan fingerprint density at radius 1 is 1.34 bits per heavy atom. The van der Waals surface area contributed by atoms with Gasteiger partial charge in [-0.2, -0.15) is 4.31 Å². The van der Waals surface area contributed by atoms with Crippen LogP contribution in [0.5, 0.6) is 0 Å². The van der Waals surface area contributed by atoms with Crippen molar-refractivity contribution in [1.82, 2.24) is 9.46 Å². The summed E-state index contributed by atoms with van der Waals surface area (Å²) in [5.41, 5.74) is 1.30. The van der Waals surface area contributed by atoms with Gasteiger partial charge in [-0.15, -0.1) is 11.3 Å². The Labute approximate surface area is 173 Å². The number of rotatable bonds is 5. The van der Waals surface area contributed by atoms with Crippen LogP contribution in [0.15, 0.2) is 39.1 Å². The fraction of sp³-hybridized carbons (Fsp3) is 0.400. The molecule has 0 amide bonds. The number of benzene rings is 1. The lowest BCUT2D eigenvalue weighted by molar-refractivity contribution is -0.151. The van der Waals surface area contributed by atoms with Crippen LogP contribution in [0, 0.1) is 19.8 Å². The number of fused-ring (bicyclic) bond motifs is 1. The van der Waals surface area contributed by atoms with Gasteiger partial charge >= 0.3 is 5.97 Å². The first-order valence-electron chi connectivity index (χ1n) is 9.42. The van der Waals surface area contributed by atoms with E-state index in [1.807, 2.05) is 29.6 Å². The summed E-state index contributed by atoms with van der Waals surface area (Å²) in [5, 5.41) is 6.82. The summed E-state index contributed by atoms with van der Waals surface area (Å²) in [7, 11) is -3.76. The largest absolute Gasteiger partial charge is 0.461 e. The lowest BCUT2D eigenvalue weighted by Gasteiger charge is -2.30. The molecule has 0 bridgehead atoms. The third-order valence-electron chi connectivity index (χ3n) is 5.21. The average Bonchev–Trinajstić information content (AvgIpc) is 3.29. The quantitative estimate of drug-likeness (QED) is 0.570. The number of thiophene rings is 1. The van der Waals surface area contributed by atoms with Gasteiger partial charge < -0.3 is 9.26 Å². The van der Waals surface area contributed by atoms with E-state index < -0.39 is 15.9 Å². The van der Waals surface area contributed by atoms with Crippen molar-refractivity contribution in [1.29, 1.82) is 0 Å². The summed E-state index contributed by atoms with van der Waals surface area (Å²) >= 11 is 1.61. The molecule has 4 rings (SSSR count). The van der Waals surface area contributed by atoms with Crippen molar-refractivity contribution >= 4 is 37.4 Å². The molecule has 9 heteroatoms. The topological polar surface area (TPSA) is 89.7 Å². The van der Waals surface area contributed by atoms with Gasteiger partial charge in [0.05, 0.1) is 5.92 Å². The number of hydrogen-bond donors (Lipinski definition) is 0. The number of hydrogen-bond acceptors (Lipinski definition) is 7. The zero-order valence-electron chi connectivity index (χ0n) is 16.3. The van der Waals surface area contributed by atoms with Crippen LogP contribution in [-0.2, 0) is 26.2 Å². The van der Waals surface area contributed by atoms with Crippen molar-refractivity contribution in [2.75, 3.05) is 13.1 Å². The SMILES string of the molecule is Cc1noc(C)c1S(=O)(=O)N1CCCC(C(=O)OCc2csc3ccccc23)C1. The molecule has 0 saturated carbocycles. The van der Waals surface area contributed by atoms with Crippen molar-refractivity contribution in [3.8, 4) is 0 Å². The fourth-order valence-corrected chi connectivity index (χ4v) is 6.50. The maximum atomic E-state index is 13.0. The van der Waals surface area contributed by atoms with Gasteiger partial charge in [0.25, 0.3) is 0 Å². The molecule has 1 aliphatic rings. The van der Waals surface area contributed by atoms with E-state index in [1.54, 1.807) is 25.2 Å². The number of carbonyl (C=O) groups is 1. The molecule has 1 aromatic carbocycles. The third kappa shape index (κ3) is 3.82. The lowest BCUT2D eigenvalue weighted by Crippen LogP contribution is -2.43. The van der Waals surface area contributed by atoms with Gasteiger partial charge in [-0.25, -0.2) is 8.42 Å². The van der Waals surface area contributed by atoms with Crippen molar-refractivity contribution in [2.45, 2.75) is 38.2 Å². The number of sulfonamides is 1. The first-order valence-corrected chi connectivity index (χ1v) is 11.7. The monoisotopic (exact) mass is 434 g/mol. The van der Waals surface area contributed by atoms with E-state index in [-0.39, 0.29) is 29.8 Å². The van der Waals surface area contributed by atoms with Crippen LogP contribution < -0.4 is 0 Å². The summed E-state index contributed by atoms with van der Waals surface area (Å²) < 4.78 is 39.1. The molecule has 3 heterocycles. The maximum absolute atomic E-state index is 13.0. The molecule has 29 heavy (non-hydrogen) atoms. The predicted octanol–water partition coefficient (Wildman–Crippen LogP) is 3.65. The van der Waals surface area contributed by atoms with Gasteiger partial charge in [-0.3, -0.25) is 4.79 Å². The normalized spacial score (nSPS) is 18.2. The summed E-state index contributed by atoms with van der Waals surface area (Å²) in [5.74, 6) is -0.584. The first-order chi connectivity index (χ1) is 13.9. The van der Waals surface area contributed by atoms with Crippen molar-refractivity contribution in [3.63, 3.8) is 0 Å². The number of ether oxygens (including phenoxy) is 1. The minimum Gasteiger partial charge on any atom is -0.461 e. The molecule has 154 valence electrons. The molecule has 3 aromatic rings. The van der Waals surface area contributed by atoms with Crippen LogP contribution in [0.4, 0.5) is 0 Å². The van der Waals surface area contributed by atoms with E-state index in [0.717, 1.165) is 15.6 Å². The second-order valence-electron chi connectivity index (χ2n) is 7.22. The molecule has 1 atom stereocenters. The zero-order chi connectivity index (χ0) is 20.6. The Hall–Kier alpha value is -2.23. The Bertz CT molecular complexity index is 1130. The third-order valence-corrected chi connectivity index (χ3v) is 8.34. The molecule has 0 radical (unpaired) electrons. The fourth-order valence-electron chi connectivity index (χ4n) is 3.74. The lowest BCUT2D eigenvalue weighted by atomic mass is 10.00. The number of aromatic nitrogens is 1. The Morgan fingerprint density at radius 3 is 2.90 bits per heavy atom. The highest BCUT2D eigenvalue weighted by atomic mass is 32.2. The number of carbonyl (C=O) groups excluding carboxylic acids is 1. The number of piperidine rings is 1. The molecule has 0 N–H and O–H groups in total. The van der Waals surface area contributed by atoms with Crippen LogP contribution in [0.1, 0.15) is 29.9 Å². The predicted molar refractivity (Wildman–Crippen MR) is 109 cm³/mol. The zero-order valence-corrected chi connectivity index (χ0v) is 17.9. The molecular weight excluding hydrogens is 412 g/mol. The Balaban J connectivity index is 1.45. The number of aryl methyl sites for hydroxylation is 2. The molecule has 1 fully saturated rings. The molecule has 0 aliphatic carbocycles. The van der Waals surface area contributed by atoms with Crippen molar-refractivity contribution in [3.05, 3.63) is 46.7 Å². The van der Waals surface area contributed by atoms with Gasteiger partial charge in [-0.1, -0.05) is 23.4 Å². The smallest absolute Gasteiger partial charge is 0.310 e. The molecule has 0 spiro atoms. The van der Waals surface area contributed by atoms with Crippen LogP contribution in [0.25, 0.3) is 10.1 Å². The van der Waals surface area contributed by atoms with Crippen LogP contribution >= 0.6 is 11.3 Å². The van der Waals surface area contributed by atoms with Gasteiger partial charge in [0.15, 0.2) is 5.76 Å². The highest BCUT2D eigenvalue weighted by Crippen LogP contribution is 2.29.